The zero-order valence-electron chi connectivity index (χ0n) is 15.9. The van der Waals surface area contributed by atoms with E-state index in [2.05, 4.69) is 27.4 Å². The third-order valence-corrected chi connectivity index (χ3v) is 5.00. The van der Waals surface area contributed by atoms with Gasteiger partial charge in [-0.25, -0.2) is 0 Å². The van der Waals surface area contributed by atoms with Crippen LogP contribution in [0.4, 0.5) is 0 Å². The Hall–Kier alpha value is -2.32. The molecular formula is C19H24ClN5O2S. The average molecular weight is 422 g/mol. The third-order valence-electron chi connectivity index (χ3n) is 3.78. The van der Waals surface area contributed by atoms with Crippen LogP contribution in [-0.4, -0.2) is 44.9 Å². The van der Waals surface area contributed by atoms with E-state index in [1.165, 1.54) is 11.8 Å². The summed E-state index contributed by atoms with van der Waals surface area (Å²) in [5.74, 6) is 0.360. The molecule has 28 heavy (non-hydrogen) atoms. The highest BCUT2D eigenvalue weighted by Gasteiger charge is 2.18. The van der Waals surface area contributed by atoms with E-state index in [1.54, 1.807) is 25.1 Å². The monoisotopic (exact) mass is 421 g/mol. The Bertz CT molecular complexity index is 822. The van der Waals surface area contributed by atoms with Gasteiger partial charge in [-0.2, -0.15) is 0 Å². The summed E-state index contributed by atoms with van der Waals surface area (Å²) in [7, 11) is 0. The molecule has 0 radical (unpaired) electrons. The Morgan fingerprint density at radius 3 is 2.68 bits per heavy atom. The summed E-state index contributed by atoms with van der Waals surface area (Å²) in [5, 5.41) is 15.1. The lowest BCUT2D eigenvalue weighted by molar-refractivity contribution is -0.127. The maximum Gasteiger partial charge on any atom is 0.242 e. The van der Waals surface area contributed by atoms with E-state index in [0.29, 0.717) is 29.1 Å². The van der Waals surface area contributed by atoms with Gasteiger partial charge in [0.1, 0.15) is 6.04 Å². The second kappa shape index (κ2) is 10.9. The fourth-order valence-corrected chi connectivity index (χ4v) is 3.27. The van der Waals surface area contributed by atoms with Crippen molar-refractivity contribution in [3.63, 3.8) is 0 Å². The molecule has 0 aliphatic rings. The molecule has 2 amide bonds. The highest BCUT2D eigenvalue weighted by atomic mass is 35.5. The van der Waals surface area contributed by atoms with Gasteiger partial charge < -0.3 is 10.6 Å². The van der Waals surface area contributed by atoms with Gasteiger partial charge in [0, 0.05) is 23.7 Å². The van der Waals surface area contributed by atoms with Gasteiger partial charge in [0.25, 0.3) is 0 Å². The van der Waals surface area contributed by atoms with Crippen LogP contribution in [0.25, 0.3) is 11.4 Å². The molecule has 0 fully saturated rings. The first-order valence-electron chi connectivity index (χ1n) is 8.96. The molecule has 9 heteroatoms. The van der Waals surface area contributed by atoms with Gasteiger partial charge >= 0.3 is 0 Å². The fraction of sp³-hybridized carbons (Fsp3) is 0.368. The van der Waals surface area contributed by atoms with Crippen molar-refractivity contribution < 1.29 is 9.59 Å². The topological polar surface area (TPSA) is 88.9 Å². The predicted molar refractivity (Wildman–Crippen MR) is 112 cm³/mol. The number of thioether (sulfide) groups is 1. The quantitative estimate of drug-likeness (QED) is 0.455. The van der Waals surface area contributed by atoms with Crippen LogP contribution in [0.1, 0.15) is 20.3 Å². The van der Waals surface area contributed by atoms with Crippen molar-refractivity contribution in [2.75, 3.05) is 12.3 Å². The summed E-state index contributed by atoms with van der Waals surface area (Å²) >= 11 is 7.20. The van der Waals surface area contributed by atoms with Crippen molar-refractivity contribution in [2.45, 2.75) is 38.0 Å². The lowest BCUT2D eigenvalue weighted by Gasteiger charge is -2.13. The number of rotatable bonds is 10. The van der Waals surface area contributed by atoms with E-state index in [4.69, 9.17) is 11.6 Å². The van der Waals surface area contributed by atoms with Gasteiger partial charge in [0.2, 0.25) is 11.8 Å². The molecule has 1 atom stereocenters. The summed E-state index contributed by atoms with van der Waals surface area (Å²) < 4.78 is 1.88. The number of nitrogens with one attached hydrogen (secondary N) is 2. The summed E-state index contributed by atoms with van der Waals surface area (Å²) in [4.78, 5) is 24.0. The number of nitrogens with zero attached hydrogens (tertiary/aromatic N) is 3. The van der Waals surface area contributed by atoms with Crippen molar-refractivity contribution in [1.29, 1.82) is 0 Å². The smallest absolute Gasteiger partial charge is 0.242 e. The second-order valence-corrected chi connectivity index (χ2v) is 7.46. The molecule has 0 spiro atoms. The number of hydrogen-bond donors (Lipinski definition) is 2. The van der Waals surface area contributed by atoms with Crippen LogP contribution in [0.3, 0.4) is 0 Å². The van der Waals surface area contributed by atoms with E-state index in [0.717, 1.165) is 12.0 Å². The molecule has 2 rings (SSSR count). The molecule has 0 saturated carbocycles. The van der Waals surface area contributed by atoms with E-state index in [9.17, 15) is 9.59 Å². The van der Waals surface area contributed by atoms with Gasteiger partial charge in [-0.1, -0.05) is 36.4 Å². The van der Waals surface area contributed by atoms with Gasteiger partial charge in [0.05, 0.1) is 5.75 Å². The summed E-state index contributed by atoms with van der Waals surface area (Å²) in [6.07, 6.45) is 2.59. The maximum absolute atomic E-state index is 12.2. The fourth-order valence-electron chi connectivity index (χ4n) is 2.38. The molecule has 0 aliphatic carbocycles. The molecule has 2 N–H and O–H groups in total. The van der Waals surface area contributed by atoms with Crippen molar-refractivity contribution in [3.05, 3.63) is 41.9 Å². The number of carbonyl (C=O) groups excluding carboxylic acids is 2. The number of halogens is 1. The highest BCUT2D eigenvalue weighted by molar-refractivity contribution is 7.99. The molecule has 0 unspecified atom stereocenters. The van der Waals surface area contributed by atoms with Crippen molar-refractivity contribution in [1.82, 2.24) is 25.4 Å². The number of allylic oxidation sites excluding steroid dienone is 1. The summed E-state index contributed by atoms with van der Waals surface area (Å²) in [5.41, 5.74) is 0.872. The third kappa shape index (κ3) is 6.10. The zero-order chi connectivity index (χ0) is 20.5. The SMILES string of the molecule is C=CCn1c(SCC(=O)N[C@@H](C)C(=O)NCCC)nnc1-c1ccc(Cl)cc1. The zero-order valence-corrected chi connectivity index (χ0v) is 17.5. The van der Waals surface area contributed by atoms with Crippen molar-refractivity contribution in [3.8, 4) is 11.4 Å². The van der Waals surface area contributed by atoms with Gasteiger partial charge in [-0.05, 0) is 37.6 Å². The first kappa shape index (κ1) is 22.0. The molecule has 1 heterocycles. The number of hydrogen-bond acceptors (Lipinski definition) is 5. The second-order valence-electron chi connectivity index (χ2n) is 6.08. The normalized spacial score (nSPS) is 11.7. The van der Waals surface area contributed by atoms with E-state index >= 15 is 0 Å². The molecule has 1 aromatic heterocycles. The first-order chi connectivity index (χ1) is 13.5. The Morgan fingerprint density at radius 1 is 1.32 bits per heavy atom. The van der Waals surface area contributed by atoms with Gasteiger partial charge in [-0.3, -0.25) is 14.2 Å². The molecule has 0 saturated heterocycles. The maximum atomic E-state index is 12.2. The van der Waals surface area contributed by atoms with Crippen LogP contribution in [0.5, 0.6) is 0 Å². The largest absolute Gasteiger partial charge is 0.354 e. The van der Waals surface area contributed by atoms with Crippen LogP contribution in [0.15, 0.2) is 42.1 Å². The van der Waals surface area contributed by atoms with Crippen LogP contribution in [-0.2, 0) is 16.1 Å². The number of carbonyl (C=O) groups is 2. The van der Waals surface area contributed by atoms with E-state index < -0.39 is 6.04 Å². The lowest BCUT2D eigenvalue weighted by atomic mass is 10.2. The van der Waals surface area contributed by atoms with E-state index in [-0.39, 0.29) is 17.6 Å². The van der Waals surface area contributed by atoms with Crippen LogP contribution in [0.2, 0.25) is 5.02 Å². The molecular weight excluding hydrogens is 398 g/mol. The average Bonchev–Trinajstić information content (AvgIpc) is 3.08. The molecule has 7 nitrogen and oxygen atoms in total. The Balaban J connectivity index is 2.02. The minimum atomic E-state index is -0.588. The van der Waals surface area contributed by atoms with Crippen molar-refractivity contribution >= 4 is 35.2 Å². The summed E-state index contributed by atoms with van der Waals surface area (Å²) in [6.45, 7) is 8.50. The van der Waals surface area contributed by atoms with Gasteiger partial charge in [-0.15, -0.1) is 16.8 Å². The molecule has 150 valence electrons. The molecule has 2 aromatic rings. The highest BCUT2D eigenvalue weighted by Crippen LogP contribution is 2.25. The Labute approximate surface area is 173 Å². The predicted octanol–water partition coefficient (Wildman–Crippen LogP) is 2.91. The Morgan fingerprint density at radius 2 is 2.04 bits per heavy atom. The molecule has 0 aliphatic heterocycles. The van der Waals surface area contributed by atoms with Crippen LogP contribution >= 0.6 is 23.4 Å². The van der Waals surface area contributed by atoms with Crippen molar-refractivity contribution in [2.24, 2.45) is 0 Å². The van der Waals surface area contributed by atoms with Crippen LogP contribution < -0.4 is 10.6 Å². The van der Waals surface area contributed by atoms with Crippen LogP contribution in [0, 0.1) is 0 Å². The van der Waals surface area contributed by atoms with Gasteiger partial charge in [0.15, 0.2) is 11.0 Å². The number of amides is 2. The number of benzene rings is 1. The molecule has 1 aromatic carbocycles. The minimum Gasteiger partial charge on any atom is -0.354 e. The Kier molecular flexibility index (Phi) is 8.53. The first-order valence-corrected chi connectivity index (χ1v) is 10.3. The number of aromatic nitrogens is 3. The standard InChI is InChI=1S/C19H24ClN5O2S/c1-4-10-21-18(27)13(3)22-16(26)12-28-19-24-23-17(25(19)11-5-2)14-6-8-15(20)9-7-14/h5-9,13H,2,4,10-12H2,1,3H3,(H,21,27)(H,22,26)/t13-/m0/s1. The lowest BCUT2D eigenvalue weighted by Crippen LogP contribution is -2.45. The summed E-state index contributed by atoms with van der Waals surface area (Å²) in [6, 6.07) is 6.72. The minimum absolute atomic E-state index is 0.126. The molecule has 0 bridgehead atoms. The van der Waals surface area contributed by atoms with E-state index in [1.807, 2.05) is 23.6 Å².